The Morgan fingerprint density at radius 2 is 1.31 bits per heavy atom. The van der Waals surface area contributed by atoms with E-state index in [1.165, 1.54) is 14.0 Å². The zero-order valence-corrected chi connectivity index (χ0v) is 57.2. The number of esters is 3. The second kappa shape index (κ2) is 30.9. The van der Waals surface area contributed by atoms with Gasteiger partial charge in [-0.05, 0) is 147 Å². The predicted octanol–water partition coefficient (Wildman–Crippen LogP) is 11.6. The molecule has 5 aromatic carbocycles. The van der Waals surface area contributed by atoms with E-state index >= 15 is 9.36 Å². The first-order chi connectivity index (χ1) is 44.8. The number of cyclic esters (lactones) is 1. The summed E-state index contributed by atoms with van der Waals surface area (Å²) in [4.78, 5) is 50.4. The summed E-state index contributed by atoms with van der Waals surface area (Å²) in [6, 6.07) is 44.7. The van der Waals surface area contributed by atoms with Crippen molar-refractivity contribution in [3.05, 3.63) is 181 Å². The van der Waals surface area contributed by atoms with Gasteiger partial charge in [0.2, 0.25) is 7.29 Å². The summed E-state index contributed by atoms with van der Waals surface area (Å²) in [5.74, 6) is -5.93. The summed E-state index contributed by atoms with van der Waals surface area (Å²) in [5.41, 5.74) is -2.33. The number of ether oxygens (including phenoxy) is 9. The number of hydrogen-bond donors (Lipinski definition) is 2. The third-order valence-electron chi connectivity index (χ3n) is 19.2. The van der Waals surface area contributed by atoms with Crippen LogP contribution in [0, 0.1) is 23.7 Å². The van der Waals surface area contributed by atoms with Gasteiger partial charge in [0, 0.05) is 53.3 Å². The van der Waals surface area contributed by atoms with E-state index in [0.717, 1.165) is 16.5 Å². The number of methoxy groups -OCH3 is 1. The minimum atomic E-state index is -4.02. The number of aliphatic hydroxyl groups is 2. The Labute approximate surface area is 553 Å². The predicted molar refractivity (Wildman–Crippen MR) is 362 cm³/mol. The van der Waals surface area contributed by atoms with Crippen molar-refractivity contribution >= 4 is 58.5 Å². The monoisotopic (exact) mass is 1310 g/mol. The highest BCUT2D eigenvalue weighted by atomic mass is 31.2. The SMILES string of the molecule is CC[C@@H]1OC(=O)[C@H](C)[C@@H](OC2C[C@@](C)(OC)[C@@H](OC(=O)c3ccccc3)[C@H](C)O2)[C@H](C)[C@@H](OC2O[C@H](C)C[C@H](N(C)C)[C@H]2OC(=O)c2ccccc2)[C@@](C)(OC/C=C/c2cnc3ccccc3c2)C[C@H](C)/C(=N/P(=O)(c2ccccc2)c2ccccc2)[C@@H](C)[C@@H](O)[C@]1(C)O. The van der Waals surface area contributed by atoms with Crippen LogP contribution in [-0.2, 0) is 52.0 Å². The van der Waals surface area contributed by atoms with Gasteiger partial charge in [0.05, 0.1) is 71.3 Å². The van der Waals surface area contributed by atoms with Crippen LogP contribution >= 0.6 is 7.29 Å². The Hall–Kier alpha value is -6.80. The van der Waals surface area contributed by atoms with Crippen LogP contribution in [0.4, 0.5) is 0 Å². The molecule has 94 heavy (non-hydrogen) atoms. The minimum absolute atomic E-state index is 0.000672. The Bertz CT molecular complexity index is 3560. The van der Waals surface area contributed by atoms with E-state index in [1.54, 1.807) is 131 Å². The molecule has 0 amide bonds. The standard InChI is InChI=1S/C75H94N3O15P/c1-14-61-75(10,83)66(79)49(4)63(77-94(84,57-36-23-17-24-37-57)58-38-25-18-26-39-58)47(2)44-74(9,86-41-29-30-53-43-56-35-27-28-40-59(56)76-46-53)67(93-72-65(60(78(11)12)42-48(3)87-72)91-70(81)54-31-19-15-20-32-54)50(5)64(51(6)69(80)89-61)90-62-45-73(8,85-13)68(52(7)88-62)92-71(82)55-33-21-16-22-34-55/h15-40,43,46-52,60-62,64-68,72,79,83H,14,41-42,44-45H2,1-13H3/b30-29+,77-63-/t47-,48+,49+,50-,51+,52-,60-,61-,62?,64-,65+,66+,67+,68-,72?,73+,74-,75+/m0/s1. The maximum atomic E-state index is 16.4. The van der Waals surface area contributed by atoms with E-state index < -0.39 is 133 Å². The first-order valence-corrected chi connectivity index (χ1v) is 34.4. The molecule has 0 saturated carbocycles. The molecule has 504 valence electrons. The summed E-state index contributed by atoms with van der Waals surface area (Å²) in [5, 5.41) is 27.6. The Kier molecular flexibility index (Phi) is 23.5. The van der Waals surface area contributed by atoms with Gasteiger partial charge in [-0.1, -0.05) is 131 Å². The van der Waals surface area contributed by atoms with Gasteiger partial charge in [-0.2, -0.15) is 0 Å². The zero-order chi connectivity index (χ0) is 67.7. The van der Waals surface area contributed by atoms with Crippen molar-refractivity contribution in [3.63, 3.8) is 0 Å². The van der Waals surface area contributed by atoms with Gasteiger partial charge < -0.3 is 57.7 Å². The van der Waals surface area contributed by atoms with Crippen molar-refractivity contribution in [3.8, 4) is 0 Å². The Balaban J connectivity index is 1.24. The van der Waals surface area contributed by atoms with Gasteiger partial charge in [-0.3, -0.25) is 14.3 Å². The number of rotatable bonds is 18. The fourth-order valence-electron chi connectivity index (χ4n) is 13.9. The molecule has 1 aromatic heterocycles. The number of para-hydroxylation sites is 1. The smallest absolute Gasteiger partial charge is 0.338 e. The highest BCUT2D eigenvalue weighted by Crippen LogP contribution is 2.49. The average Bonchev–Trinajstić information content (AvgIpc) is 0.770. The lowest BCUT2D eigenvalue weighted by molar-refractivity contribution is -0.319. The van der Waals surface area contributed by atoms with Crippen LogP contribution in [0.1, 0.15) is 121 Å². The summed E-state index contributed by atoms with van der Waals surface area (Å²) in [6.07, 6.45) is -5.04. The largest absolute Gasteiger partial charge is 0.459 e. The van der Waals surface area contributed by atoms with Crippen molar-refractivity contribution in [2.75, 3.05) is 27.8 Å². The molecular formula is C75H94N3O15P. The molecule has 18 atom stereocenters. The first kappa shape index (κ1) is 71.5. The lowest BCUT2D eigenvalue weighted by Crippen LogP contribution is -2.62. The maximum absolute atomic E-state index is 16.4. The third kappa shape index (κ3) is 16.2. The zero-order valence-electron chi connectivity index (χ0n) is 56.4. The number of fused-ring (bicyclic) bond motifs is 1. The molecule has 2 N–H and O–H groups in total. The molecule has 0 radical (unpaired) electrons. The van der Waals surface area contributed by atoms with Gasteiger partial charge in [-0.25, -0.2) is 14.4 Å². The van der Waals surface area contributed by atoms with Crippen LogP contribution in [-0.4, -0.2) is 156 Å². The number of aromatic nitrogens is 1. The van der Waals surface area contributed by atoms with Crippen molar-refractivity contribution in [2.45, 2.75) is 179 Å². The molecule has 0 spiro atoms. The summed E-state index contributed by atoms with van der Waals surface area (Å²) >= 11 is 0. The number of benzene rings is 5. The maximum Gasteiger partial charge on any atom is 0.338 e. The lowest BCUT2D eigenvalue weighted by Gasteiger charge is -2.50. The van der Waals surface area contributed by atoms with E-state index in [1.807, 2.05) is 120 Å². The quantitative estimate of drug-likeness (QED) is 0.0464. The van der Waals surface area contributed by atoms with Crippen LogP contribution in [0.2, 0.25) is 0 Å². The second-order valence-corrected chi connectivity index (χ2v) is 28.8. The highest BCUT2D eigenvalue weighted by Gasteiger charge is 2.56. The minimum Gasteiger partial charge on any atom is -0.459 e. The van der Waals surface area contributed by atoms with Gasteiger partial charge in [0.25, 0.3) is 0 Å². The van der Waals surface area contributed by atoms with Crippen LogP contribution in [0.3, 0.4) is 0 Å². The molecule has 0 bridgehead atoms. The topological polar surface area (TPSA) is 220 Å². The van der Waals surface area contributed by atoms with E-state index in [0.29, 0.717) is 28.2 Å². The molecule has 0 aliphatic carbocycles. The molecule has 3 fully saturated rings. The summed E-state index contributed by atoms with van der Waals surface area (Å²) < 4.78 is 83.4. The molecule has 19 heteroatoms. The van der Waals surface area contributed by atoms with Crippen LogP contribution in [0.25, 0.3) is 17.0 Å². The number of hydrogen-bond acceptors (Lipinski definition) is 17. The number of carbonyl (C=O) groups excluding carboxylic acids is 3. The Morgan fingerprint density at radius 3 is 1.89 bits per heavy atom. The van der Waals surface area contributed by atoms with Crippen molar-refractivity contribution in [1.82, 2.24) is 9.88 Å². The Morgan fingerprint density at radius 1 is 0.734 bits per heavy atom. The molecular weight excluding hydrogens is 1210 g/mol. The van der Waals surface area contributed by atoms with E-state index in [4.69, 9.17) is 52.4 Å². The first-order valence-electron chi connectivity index (χ1n) is 32.7. The lowest BCUT2D eigenvalue weighted by atomic mass is 9.73. The van der Waals surface area contributed by atoms with Crippen LogP contribution < -0.4 is 10.6 Å². The normalized spacial score (nSPS) is 32.8. The molecule has 3 saturated heterocycles. The third-order valence-corrected chi connectivity index (χ3v) is 21.7. The molecule has 3 aliphatic heterocycles. The van der Waals surface area contributed by atoms with E-state index in [9.17, 15) is 19.8 Å². The number of likely N-dealkylation sites (N-methyl/N-ethyl adjacent to an activating group) is 1. The van der Waals surface area contributed by atoms with Gasteiger partial charge in [0.1, 0.15) is 17.3 Å². The second-order valence-electron chi connectivity index (χ2n) is 26.5. The number of aliphatic hydroxyl groups excluding tert-OH is 1. The fourth-order valence-corrected chi connectivity index (χ4v) is 16.2. The molecule has 9 rings (SSSR count). The summed E-state index contributed by atoms with van der Waals surface area (Å²) in [6.45, 7) is 17.7. The van der Waals surface area contributed by atoms with Crippen LogP contribution in [0.15, 0.2) is 169 Å². The average molecular weight is 1310 g/mol. The fraction of sp³-hybridized carbons (Fsp3) is 0.480. The number of pyridine rings is 1. The molecule has 3 aliphatic rings. The highest BCUT2D eigenvalue weighted by molar-refractivity contribution is 7.77. The number of nitrogens with zero attached hydrogens (tertiary/aromatic N) is 3. The van der Waals surface area contributed by atoms with Crippen molar-refractivity contribution in [1.29, 1.82) is 0 Å². The molecule has 4 heterocycles. The molecule has 2 unspecified atom stereocenters. The van der Waals surface area contributed by atoms with Crippen molar-refractivity contribution in [2.24, 2.45) is 28.4 Å². The van der Waals surface area contributed by atoms with E-state index in [-0.39, 0.29) is 31.6 Å². The van der Waals surface area contributed by atoms with Gasteiger partial charge in [0.15, 0.2) is 24.8 Å². The molecule has 6 aromatic rings. The van der Waals surface area contributed by atoms with E-state index in [2.05, 4.69) is 0 Å². The van der Waals surface area contributed by atoms with Gasteiger partial charge in [-0.15, -0.1) is 0 Å². The molecule has 18 nitrogen and oxygen atoms in total. The van der Waals surface area contributed by atoms with Gasteiger partial charge >= 0.3 is 17.9 Å². The summed E-state index contributed by atoms with van der Waals surface area (Å²) in [7, 11) is 1.32. The van der Waals surface area contributed by atoms with Crippen LogP contribution in [0.5, 0.6) is 0 Å². The number of carbonyl (C=O) groups is 3. The van der Waals surface area contributed by atoms with Crippen molar-refractivity contribution < 1.29 is 71.8 Å².